The molecule has 10 rings (SSSR count). The predicted molar refractivity (Wildman–Crippen MR) is 223 cm³/mol. The Kier molecular flexibility index (Phi) is 7.01. The monoisotopic (exact) mass is 685 g/mol. The fourth-order valence-corrected chi connectivity index (χ4v) is 9.26. The molecule has 0 spiro atoms. The van der Waals surface area contributed by atoms with E-state index in [2.05, 4.69) is 206 Å². The lowest BCUT2D eigenvalue weighted by Gasteiger charge is -2.36. The maximum atomic E-state index is 2.51. The van der Waals surface area contributed by atoms with Gasteiger partial charge in [0.05, 0.1) is 23.5 Å². The van der Waals surface area contributed by atoms with Gasteiger partial charge in [0.25, 0.3) is 0 Å². The van der Waals surface area contributed by atoms with Crippen LogP contribution < -0.4 is 9.80 Å². The molecule has 0 amide bonds. The normalized spacial score (nSPS) is 14.5. The van der Waals surface area contributed by atoms with Gasteiger partial charge < -0.3 is 14.4 Å². The van der Waals surface area contributed by atoms with Crippen LogP contribution in [0.4, 0.5) is 17.1 Å². The summed E-state index contributed by atoms with van der Waals surface area (Å²) in [6, 6.07) is 61.5. The number of para-hydroxylation sites is 3. The van der Waals surface area contributed by atoms with Crippen LogP contribution in [0.3, 0.4) is 0 Å². The van der Waals surface area contributed by atoms with Crippen molar-refractivity contribution in [2.75, 3.05) is 23.5 Å². The molecule has 0 fully saturated rings. The molecule has 1 aliphatic heterocycles. The zero-order chi connectivity index (χ0) is 35.9. The lowest BCUT2D eigenvalue weighted by Crippen LogP contribution is -2.30. The number of hydrogen-bond acceptors (Lipinski definition) is 2. The minimum absolute atomic E-state index is 0.0659. The summed E-state index contributed by atoms with van der Waals surface area (Å²) < 4.78 is 2.49. The molecule has 0 radical (unpaired) electrons. The smallest absolute Gasteiger partial charge is 0.0950 e. The van der Waals surface area contributed by atoms with Gasteiger partial charge in [0.2, 0.25) is 0 Å². The van der Waals surface area contributed by atoms with Gasteiger partial charge in [-0.3, -0.25) is 0 Å². The minimum Gasteiger partial charge on any atom is -0.355 e. The molecule has 0 unspecified atom stereocenters. The van der Waals surface area contributed by atoms with Crippen molar-refractivity contribution in [1.29, 1.82) is 0 Å². The molecule has 7 aromatic carbocycles. The van der Waals surface area contributed by atoms with Crippen LogP contribution in [0.1, 0.15) is 54.2 Å². The van der Waals surface area contributed by atoms with Crippen molar-refractivity contribution in [2.24, 2.45) is 0 Å². The third-order valence-electron chi connectivity index (χ3n) is 11.8. The fraction of sp³-hybridized carbons (Fsp3) is 0.160. The summed E-state index contributed by atoms with van der Waals surface area (Å²) in [5, 5.41) is 2.58. The van der Waals surface area contributed by atoms with E-state index < -0.39 is 5.41 Å². The standard InChI is InChI=1S/C50H43N3/c1-49(2,3)36-28-37(30-38(29-36)53-33-51(4)47-24-14-15-25-48(47)53)50(43-21-11-8-18-39(43)40-19-9-12-22-44(40)50)35-26-27-46-42(31-35)41-20-10-13-23-45(41)52(46)32-34-16-6-5-7-17-34/h5-31H,32-33H2,1-4H3. The molecule has 258 valence electrons. The van der Waals surface area contributed by atoms with E-state index >= 15 is 0 Å². The van der Waals surface area contributed by atoms with Gasteiger partial charge in [-0.2, -0.15) is 0 Å². The van der Waals surface area contributed by atoms with Gasteiger partial charge in [0.15, 0.2) is 0 Å². The first-order valence-corrected chi connectivity index (χ1v) is 18.8. The number of benzene rings is 7. The summed E-state index contributed by atoms with van der Waals surface area (Å²) in [5.41, 5.74) is 16.2. The Balaban J connectivity index is 1.28. The fourth-order valence-electron chi connectivity index (χ4n) is 9.26. The van der Waals surface area contributed by atoms with E-state index in [9.17, 15) is 0 Å². The van der Waals surface area contributed by atoms with Gasteiger partial charge in [-0.25, -0.2) is 0 Å². The van der Waals surface area contributed by atoms with Crippen molar-refractivity contribution in [3.8, 4) is 11.1 Å². The Labute approximate surface area is 312 Å². The summed E-state index contributed by atoms with van der Waals surface area (Å²) >= 11 is 0. The molecule has 53 heavy (non-hydrogen) atoms. The number of nitrogens with zero attached hydrogens (tertiary/aromatic N) is 3. The number of rotatable bonds is 5. The van der Waals surface area contributed by atoms with Gasteiger partial charge in [0, 0.05) is 41.1 Å². The Morgan fingerprint density at radius 3 is 1.91 bits per heavy atom. The first kappa shape index (κ1) is 31.7. The average Bonchev–Trinajstić information content (AvgIpc) is 3.80. The van der Waals surface area contributed by atoms with Crippen LogP contribution in [0.25, 0.3) is 32.9 Å². The molecule has 0 N–H and O–H groups in total. The van der Waals surface area contributed by atoms with Gasteiger partial charge in [-0.05, 0) is 92.4 Å². The first-order chi connectivity index (χ1) is 25.8. The van der Waals surface area contributed by atoms with Crippen LogP contribution in [0, 0.1) is 0 Å². The highest BCUT2D eigenvalue weighted by atomic mass is 15.4. The van der Waals surface area contributed by atoms with Crippen molar-refractivity contribution in [2.45, 2.75) is 38.1 Å². The van der Waals surface area contributed by atoms with Crippen molar-refractivity contribution in [3.63, 3.8) is 0 Å². The molecular weight excluding hydrogens is 643 g/mol. The van der Waals surface area contributed by atoms with Crippen molar-refractivity contribution >= 4 is 38.9 Å². The second-order valence-corrected chi connectivity index (χ2v) is 15.9. The second kappa shape index (κ2) is 11.7. The highest BCUT2D eigenvalue weighted by molar-refractivity contribution is 6.08. The first-order valence-electron chi connectivity index (χ1n) is 18.8. The van der Waals surface area contributed by atoms with Gasteiger partial charge in [0.1, 0.15) is 0 Å². The average molecular weight is 686 g/mol. The molecule has 3 heteroatoms. The highest BCUT2D eigenvalue weighted by Gasteiger charge is 2.47. The van der Waals surface area contributed by atoms with Crippen LogP contribution in [0.15, 0.2) is 164 Å². The van der Waals surface area contributed by atoms with E-state index in [1.807, 2.05) is 0 Å². The molecule has 1 aliphatic carbocycles. The second-order valence-electron chi connectivity index (χ2n) is 15.9. The topological polar surface area (TPSA) is 11.4 Å². The zero-order valence-corrected chi connectivity index (χ0v) is 30.8. The maximum absolute atomic E-state index is 2.51. The number of hydrogen-bond donors (Lipinski definition) is 0. The third-order valence-corrected chi connectivity index (χ3v) is 11.8. The molecular formula is C50H43N3. The molecule has 2 heterocycles. The molecule has 0 saturated carbocycles. The summed E-state index contributed by atoms with van der Waals surface area (Å²) in [5.74, 6) is 0. The van der Waals surface area contributed by atoms with Crippen LogP contribution in [0.5, 0.6) is 0 Å². The minimum atomic E-state index is -0.537. The van der Waals surface area contributed by atoms with Crippen LogP contribution in [0.2, 0.25) is 0 Å². The van der Waals surface area contributed by atoms with Crippen LogP contribution in [-0.2, 0) is 17.4 Å². The lowest BCUT2D eigenvalue weighted by molar-refractivity contribution is 0.587. The van der Waals surface area contributed by atoms with Crippen molar-refractivity contribution < 1.29 is 0 Å². The number of anilines is 3. The van der Waals surface area contributed by atoms with Crippen LogP contribution >= 0.6 is 0 Å². The van der Waals surface area contributed by atoms with Gasteiger partial charge in [-0.1, -0.05) is 142 Å². The molecule has 0 saturated heterocycles. The Hall–Kier alpha value is -6.06. The van der Waals surface area contributed by atoms with Crippen molar-refractivity contribution in [1.82, 2.24) is 4.57 Å². The van der Waals surface area contributed by atoms with Crippen molar-refractivity contribution in [3.05, 3.63) is 197 Å². The summed E-state index contributed by atoms with van der Waals surface area (Å²) in [4.78, 5) is 4.85. The number of fused-ring (bicyclic) bond motifs is 7. The molecule has 1 aromatic heterocycles. The van der Waals surface area contributed by atoms with Gasteiger partial charge in [-0.15, -0.1) is 0 Å². The van der Waals surface area contributed by atoms with E-state index in [0.29, 0.717) is 0 Å². The zero-order valence-electron chi connectivity index (χ0n) is 30.8. The van der Waals surface area contributed by atoms with Crippen LogP contribution in [-0.4, -0.2) is 18.3 Å². The van der Waals surface area contributed by atoms with E-state index in [1.165, 1.54) is 83.4 Å². The Morgan fingerprint density at radius 1 is 0.547 bits per heavy atom. The van der Waals surface area contributed by atoms with E-state index in [4.69, 9.17) is 0 Å². The largest absolute Gasteiger partial charge is 0.355 e. The summed E-state index contributed by atoms with van der Waals surface area (Å²) in [6.07, 6.45) is 0. The molecule has 2 aliphatic rings. The quantitative estimate of drug-likeness (QED) is 0.179. The highest BCUT2D eigenvalue weighted by Crippen LogP contribution is 2.57. The van der Waals surface area contributed by atoms with E-state index in [0.717, 1.165) is 13.2 Å². The molecule has 3 nitrogen and oxygen atoms in total. The predicted octanol–water partition coefficient (Wildman–Crippen LogP) is 12.0. The molecule has 0 atom stereocenters. The number of aromatic nitrogens is 1. The van der Waals surface area contributed by atoms with E-state index in [1.54, 1.807) is 0 Å². The SMILES string of the molecule is CN1CN(c2cc(C(C)(C)C)cc(C3(c4ccc5c(c4)c4ccccc4n5Cc4ccccc4)c4ccccc4-c4ccccc43)c2)c2ccccc21. The lowest BCUT2D eigenvalue weighted by atomic mass is 9.66. The Morgan fingerprint density at radius 2 is 1.17 bits per heavy atom. The maximum Gasteiger partial charge on any atom is 0.0950 e. The summed E-state index contributed by atoms with van der Waals surface area (Å²) in [6.45, 7) is 8.66. The third kappa shape index (κ3) is 4.73. The molecule has 8 aromatic rings. The Bertz CT molecular complexity index is 2650. The van der Waals surface area contributed by atoms with Gasteiger partial charge >= 0.3 is 0 Å². The molecule has 0 bridgehead atoms. The summed E-state index contributed by atoms with van der Waals surface area (Å²) in [7, 11) is 2.20. The van der Waals surface area contributed by atoms with E-state index in [-0.39, 0.29) is 5.41 Å².